The molecule has 0 bridgehead atoms. The quantitative estimate of drug-likeness (QED) is 0.812. The number of hydrogen-bond acceptors (Lipinski definition) is 1. The molecule has 20 heavy (non-hydrogen) atoms. The van der Waals surface area contributed by atoms with Crippen LogP contribution in [0.2, 0.25) is 0 Å². The second-order valence-corrected chi connectivity index (χ2v) is 4.44. The Hall–Kier alpha value is -2.23. The van der Waals surface area contributed by atoms with E-state index >= 15 is 0 Å². The molecular formula is C16H14F3N. The maximum absolute atomic E-state index is 12.2. The van der Waals surface area contributed by atoms with E-state index in [0.29, 0.717) is 0 Å². The van der Waals surface area contributed by atoms with Crippen LogP contribution in [0.5, 0.6) is 0 Å². The summed E-state index contributed by atoms with van der Waals surface area (Å²) in [6, 6.07) is 13.8. The highest BCUT2D eigenvalue weighted by Crippen LogP contribution is 2.23. The first-order valence-electron chi connectivity index (χ1n) is 6.11. The van der Waals surface area contributed by atoms with Crippen LogP contribution in [0.15, 0.2) is 55.1 Å². The summed E-state index contributed by atoms with van der Waals surface area (Å²) in [5.74, 6) is 0. The average Bonchev–Trinajstić information content (AvgIpc) is 2.40. The molecule has 1 nitrogen and oxygen atoms in total. The Labute approximate surface area is 115 Å². The van der Waals surface area contributed by atoms with Crippen LogP contribution in [-0.4, -0.2) is 6.18 Å². The summed E-state index contributed by atoms with van der Waals surface area (Å²) in [6.07, 6.45) is -3.33. The molecular weight excluding hydrogens is 263 g/mol. The van der Waals surface area contributed by atoms with E-state index < -0.39 is 12.6 Å². The molecule has 2 aromatic carbocycles. The highest BCUT2D eigenvalue weighted by molar-refractivity contribution is 5.62. The lowest BCUT2D eigenvalue weighted by Gasteiger charge is -2.09. The largest absolute Gasteiger partial charge is 0.393 e. The second kappa shape index (κ2) is 5.82. The molecule has 1 N–H and O–H groups in total. The van der Waals surface area contributed by atoms with Crippen LogP contribution in [-0.2, 0) is 6.42 Å². The van der Waals surface area contributed by atoms with Gasteiger partial charge >= 0.3 is 6.18 Å². The van der Waals surface area contributed by atoms with Gasteiger partial charge in [0, 0.05) is 11.4 Å². The maximum Gasteiger partial charge on any atom is 0.393 e. The van der Waals surface area contributed by atoms with Crippen LogP contribution in [0.4, 0.5) is 24.5 Å². The van der Waals surface area contributed by atoms with Crippen molar-refractivity contribution >= 4 is 17.5 Å². The first-order chi connectivity index (χ1) is 9.46. The Bertz CT molecular complexity index is 568. The fraction of sp³-hybridized carbons (Fsp3) is 0.125. The molecule has 0 atom stereocenters. The minimum atomic E-state index is -4.17. The van der Waals surface area contributed by atoms with E-state index in [1.54, 1.807) is 18.2 Å². The monoisotopic (exact) mass is 277 g/mol. The molecule has 0 radical (unpaired) electrons. The van der Waals surface area contributed by atoms with Gasteiger partial charge in [-0.1, -0.05) is 36.9 Å². The lowest BCUT2D eigenvalue weighted by Crippen LogP contribution is -2.11. The molecule has 0 aromatic heterocycles. The van der Waals surface area contributed by atoms with Gasteiger partial charge in [-0.05, 0) is 35.4 Å². The minimum Gasteiger partial charge on any atom is -0.356 e. The van der Waals surface area contributed by atoms with Gasteiger partial charge in [0.2, 0.25) is 0 Å². The topological polar surface area (TPSA) is 12.0 Å². The molecule has 0 aliphatic rings. The van der Waals surface area contributed by atoms with Gasteiger partial charge in [-0.15, -0.1) is 0 Å². The SMILES string of the molecule is C=Cc1ccc(Nc2ccc(CC(F)(F)F)cc2)cc1. The smallest absolute Gasteiger partial charge is 0.356 e. The Kier molecular flexibility index (Phi) is 4.13. The predicted octanol–water partition coefficient (Wildman–Crippen LogP) is 5.18. The minimum absolute atomic E-state index is 0.255. The van der Waals surface area contributed by atoms with Gasteiger partial charge in [-0.3, -0.25) is 0 Å². The molecule has 0 amide bonds. The third-order valence-corrected chi connectivity index (χ3v) is 2.79. The lowest BCUT2D eigenvalue weighted by atomic mass is 10.1. The molecule has 0 aliphatic carbocycles. The van der Waals surface area contributed by atoms with Gasteiger partial charge in [0.15, 0.2) is 0 Å². The molecule has 0 unspecified atom stereocenters. The molecule has 2 aromatic rings. The summed E-state index contributed by atoms with van der Waals surface area (Å²) in [5.41, 5.74) is 2.89. The van der Waals surface area contributed by atoms with Crippen molar-refractivity contribution < 1.29 is 13.2 Å². The van der Waals surface area contributed by atoms with Crippen molar-refractivity contribution in [3.8, 4) is 0 Å². The zero-order chi connectivity index (χ0) is 14.6. The fourth-order valence-corrected chi connectivity index (χ4v) is 1.81. The Morgan fingerprint density at radius 1 is 0.900 bits per heavy atom. The number of hydrogen-bond donors (Lipinski definition) is 1. The van der Waals surface area contributed by atoms with Crippen molar-refractivity contribution in [2.75, 3.05) is 5.32 Å². The van der Waals surface area contributed by atoms with Crippen LogP contribution < -0.4 is 5.32 Å². The molecule has 0 heterocycles. The number of alkyl halides is 3. The average molecular weight is 277 g/mol. The van der Waals surface area contributed by atoms with Crippen LogP contribution in [0, 0.1) is 0 Å². The Balaban J connectivity index is 2.04. The number of anilines is 2. The summed E-state index contributed by atoms with van der Waals surface area (Å²) in [5, 5.41) is 3.13. The Morgan fingerprint density at radius 3 is 1.85 bits per heavy atom. The van der Waals surface area contributed by atoms with Crippen molar-refractivity contribution in [3.05, 3.63) is 66.2 Å². The van der Waals surface area contributed by atoms with Gasteiger partial charge < -0.3 is 5.32 Å². The molecule has 2 rings (SSSR count). The molecule has 4 heteroatoms. The summed E-state index contributed by atoms with van der Waals surface area (Å²) in [7, 11) is 0. The van der Waals surface area contributed by atoms with Crippen LogP contribution >= 0.6 is 0 Å². The third-order valence-electron chi connectivity index (χ3n) is 2.79. The van der Waals surface area contributed by atoms with Gasteiger partial charge in [0.25, 0.3) is 0 Å². The number of nitrogens with one attached hydrogen (secondary N) is 1. The molecule has 0 spiro atoms. The van der Waals surface area contributed by atoms with E-state index in [1.165, 1.54) is 12.1 Å². The zero-order valence-electron chi connectivity index (χ0n) is 10.7. The van der Waals surface area contributed by atoms with Crippen LogP contribution in [0.25, 0.3) is 6.08 Å². The highest BCUT2D eigenvalue weighted by atomic mass is 19.4. The van der Waals surface area contributed by atoms with Crippen molar-refractivity contribution in [3.63, 3.8) is 0 Å². The van der Waals surface area contributed by atoms with Gasteiger partial charge in [-0.2, -0.15) is 13.2 Å². The van der Waals surface area contributed by atoms with E-state index in [4.69, 9.17) is 0 Å². The fourth-order valence-electron chi connectivity index (χ4n) is 1.81. The second-order valence-electron chi connectivity index (χ2n) is 4.44. The van der Waals surface area contributed by atoms with Crippen molar-refractivity contribution in [1.29, 1.82) is 0 Å². The van der Waals surface area contributed by atoms with Gasteiger partial charge in [0.05, 0.1) is 6.42 Å². The van der Waals surface area contributed by atoms with Gasteiger partial charge in [-0.25, -0.2) is 0 Å². The number of benzene rings is 2. The lowest BCUT2D eigenvalue weighted by molar-refractivity contribution is -0.127. The third kappa shape index (κ3) is 4.16. The Morgan fingerprint density at radius 2 is 1.40 bits per heavy atom. The van der Waals surface area contributed by atoms with Crippen LogP contribution in [0.3, 0.4) is 0 Å². The van der Waals surface area contributed by atoms with E-state index in [1.807, 2.05) is 24.3 Å². The van der Waals surface area contributed by atoms with E-state index in [-0.39, 0.29) is 5.56 Å². The summed E-state index contributed by atoms with van der Waals surface area (Å²) in [6.45, 7) is 3.67. The zero-order valence-corrected chi connectivity index (χ0v) is 10.7. The van der Waals surface area contributed by atoms with Crippen LogP contribution in [0.1, 0.15) is 11.1 Å². The van der Waals surface area contributed by atoms with Crippen molar-refractivity contribution in [2.45, 2.75) is 12.6 Å². The first kappa shape index (κ1) is 14.2. The van der Waals surface area contributed by atoms with Gasteiger partial charge in [0.1, 0.15) is 0 Å². The number of rotatable bonds is 4. The van der Waals surface area contributed by atoms with Crippen molar-refractivity contribution in [2.24, 2.45) is 0 Å². The summed E-state index contributed by atoms with van der Waals surface area (Å²) >= 11 is 0. The normalized spacial score (nSPS) is 11.2. The van der Waals surface area contributed by atoms with E-state index in [2.05, 4.69) is 11.9 Å². The highest BCUT2D eigenvalue weighted by Gasteiger charge is 2.27. The molecule has 0 saturated heterocycles. The number of halogens is 3. The molecule has 0 aliphatic heterocycles. The molecule has 104 valence electrons. The standard InChI is InChI=1S/C16H14F3N/c1-2-12-3-7-14(8-4-12)20-15-9-5-13(6-10-15)11-16(17,18)19/h2-10,20H,1,11H2. The molecule has 0 fully saturated rings. The summed E-state index contributed by atoms with van der Waals surface area (Å²) < 4.78 is 36.7. The maximum atomic E-state index is 12.2. The van der Waals surface area contributed by atoms with Crippen molar-refractivity contribution in [1.82, 2.24) is 0 Å². The van der Waals surface area contributed by atoms with E-state index in [9.17, 15) is 13.2 Å². The first-order valence-corrected chi connectivity index (χ1v) is 6.11. The predicted molar refractivity (Wildman–Crippen MR) is 76.0 cm³/mol. The summed E-state index contributed by atoms with van der Waals surface area (Å²) in [4.78, 5) is 0. The van der Waals surface area contributed by atoms with E-state index in [0.717, 1.165) is 16.9 Å². The molecule has 0 saturated carbocycles.